The van der Waals surface area contributed by atoms with Gasteiger partial charge in [0.1, 0.15) is 12.3 Å². The third-order valence-corrected chi connectivity index (χ3v) is 5.19. The predicted octanol–water partition coefficient (Wildman–Crippen LogP) is 5.06. The minimum absolute atomic E-state index is 0.0944. The summed E-state index contributed by atoms with van der Waals surface area (Å²) in [5.41, 5.74) is 5.08. The Bertz CT molecular complexity index is 1170. The van der Waals surface area contributed by atoms with Crippen LogP contribution in [0, 0.1) is 13.8 Å². The molecule has 3 aromatic rings. The molecule has 0 radical (unpaired) electrons. The van der Waals surface area contributed by atoms with Gasteiger partial charge < -0.3 is 5.32 Å². The van der Waals surface area contributed by atoms with Gasteiger partial charge in [0.2, 0.25) is 5.91 Å². The highest BCUT2D eigenvalue weighted by atomic mass is 35.5. The number of para-hydroxylation sites is 1. The summed E-state index contributed by atoms with van der Waals surface area (Å²) < 4.78 is 0. The van der Waals surface area contributed by atoms with Gasteiger partial charge >= 0.3 is 0 Å². The van der Waals surface area contributed by atoms with Gasteiger partial charge in [-0.15, -0.1) is 0 Å². The van der Waals surface area contributed by atoms with Crippen molar-refractivity contribution in [1.82, 2.24) is 0 Å². The first-order valence-corrected chi connectivity index (χ1v) is 9.93. The summed E-state index contributed by atoms with van der Waals surface area (Å²) >= 11 is 5.94. The van der Waals surface area contributed by atoms with Gasteiger partial charge in [-0.3, -0.25) is 14.5 Å². The monoisotopic (exact) mass is 417 g/mol. The Kier molecular flexibility index (Phi) is 5.38. The van der Waals surface area contributed by atoms with Crippen LogP contribution in [-0.4, -0.2) is 24.1 Å². The van der Waals surface area contributed by atoms with Gasteiger partial charge in [0.05, 0.1) is 11.4 Å². The number of rotatable bonds is 4. The van der Waals surface area contributed by atoms with Crippen LogP contribution in [-0.2, 0) is 9.59 Å². The number of carbonyl (C=O) groups excluding carboxylic acids is 2. The SMILES string of the molecule is Cc1ccc(C)c(NC(=O)CN2C(=O)C(=Nc3ccc(Cl)cc3)c3ccccc32)c1. The fourth-order valence-corrected chi connectivity index (χ4v) is 3.50. The first-order valence-electron chi connectivity index (χ1n) is 9.55. The second-order valence-corrected chi connectivity index (χ2v) is 7.65. The zero-order valence-electron chi connectivity index (χ0n) is 16.6. The van der Waals surface area contributed by atoms with E-state index in [0.717, 1.165) is 16.8 Å². The molecule has 3 aromatic carbocycles. The Morgan fingerprint density at radius 2 is 1.77 bits per heavy atom. The van der Waals surface area contributed by atoms with Crippen LogP contribution in [0.2, 0.25) is 5.02 Å². The van der Waals surface area contributed by atoms with Gasteiger partial charge in [-0.05, 0) is 61.4 Å². The summed E-state index contributed by atoms with van der Waals surface area (Å²) in [6.07, 6.45) is 0. The highest BCUT2D eigenvalue weighted by Crippen LogP contribution is 2.31. The van der Waals surface area contributed by atoms with Gasteiger partial charge in [-0.2, -0.15) is 0 Å². The largest absolute Gasteiger partial charge is 0.324 e. The number of benzene rings is 3. The zero-order chi connectivity index (χ0) is 21.3. The molecule has 4 rings (SSSR count). The molecule has 0 saturated heterocycles. The number of aliphatic imine (C=N–C) groups is 1. The van der Waals surface area contributed by atoms with E-state index in [9.17, 15) is 9.59 Å². The first kappa shape index (κ1) is 19.9. The molecule has 0 saturated carbocycles. The number of halogens is 1. The molecule has 0 atom stereocenters. The van der Waals surface area contributed by atoms with Crippen molar-refractivity contribution >= 4 is 46.2 Å². The molecule has 1 heterocycles. The Balaban J connectivity index is 1.61. The van der Waals surface area contributed by atoms with Crippen LogP contribution in [0.25, 0.3) is 0 Å². The average molecular weight is 418 g/mol. The van der Waals surface area contributed by atoms with Crippen molar-refractivity contribution in [2.75, 3.05) is 16.8 Å². The van der Waals surface area contributed by atoms with Gasteiger partial charge in [0.15, 0.2) is 0 Å². The van der Waals surface area contributed by atoms with Crippen LogP contribution in [0.3, 0.4) is 0 Å². The normalized spacial score (nSPS) is 14.2. The summed E-state index contributed by atoms with van der Waals surface area (Å²) in [5.74, 6) is -0.568. The van der Waals surface area contributed by atoms with E-state index in [0.29, 0.717) is 27.7 Å². The second-order valence-electron chi connectivity index (χ2n) is 7.21. The molecule has 0 aliphatic carbocycles. The van der Waals surface area contributed by atoms with Crippen molar-refractivity contribution in [2.45, 2.75) is 13.8 Å². The van der Waals surface area contributed by atoms with Crippen LogP contribution >= 0.6 is 11.6 Å². The molecule has 0 unspecified atom stereocenters. The molecule has 150 valence electrons. The molecule has 2 amide bonds. The molecule has 6 heteroatoms. The molecule has 0 aromatic heterocycles. The summed E-state index contributed by atoms with van der Waals surface area (Å²) in [6.45, 7) is 3.81. The standard InChI is InChI=1S/C24H20ClN3O2/c1-15-7-8-16(2)20(13-15)27-22(29)14-28-21-6-4-3-5-19(21)23(24(28)30)26-18-11-9-17(25)10-12-18/h3-13H,14H2,1-2H3,(H,27,29). The van der Waals surface area contributed by atoms with Gasteiger partial charge in [0, 0.05) is 16.3 Å². The molecule has 1 aliphatic rings. The maximum atomic E-state index is 13.1. The van der Waals surface area contributed by atoms with E-state index in [1.165, 1.54) is 4.90 Å². The van der Waals surface area contributed by atoms with Crippen LogP contribution < -0.4 is 10.2 Å². The number of anilines is 2. The quantitative estimate of drug-likeness (QED) is 0.644. The lowest BCUT2D eigenvalue weighted by Gasteiger charge is -2.17. The van der Waals surface area contributed by atoms with E-state index >= 15 is 0 Å². The number of hydrogen-bond acceptors (Lipinski definition) is 3. The average Bonchev–Trinajstić information content (AvgIpc) is 2.98. The smallest absolute Gasteiger partial charge is 0.278 e. The van der Waals surface area contributed by atoms with E-state index in [4.69, 9.17) is 11.6 Å². The lowest BCUT2D eigenvalue weighted by molar-refractivity contribution is -0.118. The molecule has 0 bridgehead atoms. The van der Waals surface area contributed by atoms with Crippen molar-refractivity contribution in [2.24, 2.45) is 4.99 Å². The third-order valence-electron chi connectivity index (χ3n) is 4.93. The van der Waals surface area contributed by atoms with Crippen molar-refractivity contribution in [1.29, 1.82) is 0 Å². The fraction of sp³-hybridized carbons (Fsp3) is 0.125. The third kappa shape index (κ3) is 3.98. The summed E-state index contributed by atoms with van der Waals surface area (Å²) in [6, 6.07) is 20.2. The van der Waals surface area contributed by atoms with Gasteiger partial charge in [-0.25, -0.2) is 4.99 Å². The molecule has 1 aliphatic heterocycles. The number of fused-ring (bicyclic) bond motifs is 1. The van der Waals surface area contributed by atoms with E-state index in [-0.39, 0.29) is 18.4 Å². The second kappa shape index (κ2) is 8.13. The number of nitrogens with one attached hydrogen (secondary N) is 1. The van der Waals surface area contributed by atoms with Crippen molar-refractivity contribution < 1.29 is 9.59 Å². The predicted molar refractivity (Wildman–Crippen MR) is 121 cm³/mol. The van der Waals surface area contributed by atoms with Crippen LogP contribution in [0.4, 0.5) is 17.1 Å². The Morgan fingerprint density at radius 3 is 2.53 bits per heavy atom. The van der Waals surface area contributed by atoms with Crippen molar-refractivity contribution in [3.8, 4) is 0 Å². The molecule has 30 heavy (non-hydrogen) atoms. The van der Waals surface area contributed by atoms with Gasteiger partial charge in [0.25, 0.3) is 5.91 Å². The number of amides is 2. The van der Waals surface area contributed by atoms with Crippen LogP contribution in [0.1, 0.15) is 16.7 Å². The number of carbonyl (C=O) groups is 2. The summed E-state index contributed by atoms with van der Waals surface area (Å²) in [5, 5.41) is 3.51. The van der Waals surface area contributed by atoms with Crippen molar-refractivity contribution in [3.05, 3.63) is 88.4 Å². The fourth-order valence-electron chi connectivity index (χ4n) is 3.38. The topological polar surface area (TPSA) is 61.8 Å². The Hall–Kier alpha value is -3.44. The Morgan fingerprint density at radius 1 is 1.03 bits per heavy atom. The molecule has 5 nitrogen and oxygen atoms in total. The van der Waals surface area contributed by atoms with E-state index in [1.54, 1.807) is 24.3 Å². The lowest BCUT2D eigenvalue weighted by Crippen LogP contribution is -2.37. The molecule has 1 N–H and O–H groups in total. The van der Waals surface area contributed by atoms with E-state index < -0.39 is 0 Å². The highest BCUT2D eigenvalue weighted by molar-refractivity contribution is 6.55. The Labute approximate surface area is 180 Å². The highest BCUT2D eigenvalue weighted by Gasteiger charge is 2.34. The minimum Gasteiger partial charge on any atom is -0.324 e. The molecular weight excluding hydrogens is 398 g/mol. The zero-order valence-corrected chi connectivity index (χ0v) is 17.4. The first-order chi connectivity index (χ1) is 14.4. The maximum Gasteiger partial charge on any atom is 0.278 e. The number of nitrogens with zero attached hydrogens (tertiary/aromatic N) is 2. The maximum absolute atomic E-state index is 13.1. The van der Waals surface area contributed by atoms with E-state index in [1.807, 2.05) is 56.3 Å². The number of hydrogen-bond donors (Lipinski definition) is 1. The van der Waals surface area contributed by atoms with Gasteiger partial charge in [-0.1, -0.05) is 41.9 Å². The molecule has 0 spiro atoms. The molecule has 0 fully saturated rings. The summed E-state index contributed by atoms with van der Waals surface area (Å²) in [4.78, 5) is 31.8. The molecular formula is C24H20ClN3O2. The lowest BCUT2D eigenvalue weighted by atomic mass is 10.1. The summed E-state index contributed by atoms with van der Waals surface area (Å²) in [7, 11) is 0. The number of aryl methyl sites for hydroxylation is 2. The van der Waals surface area contributed by atoms with E-state index in [2.05, 4.69) is 10.3 Å². The van der Waals surface area contributed by atoms with Crippen LogP contribution in [0.5, 0.6) is 0 Å². The van der Waals surface area contributed by atoms with Crippen molar-refractivity contribution in [3.63, 3.8) is 0 Å². The van der Waals surface area contributed by atoms with Crippen LogP contribution in [0.15, 0.2) is 71.7 Å². The minimum atomic E-state index is -0.303.